The lowest BCUT2D eigenvalue weighted by Crippen LogP contribution is -2.00. The van der Waals surface area contributed by atoms with Crippen LogP contribution < -0.4 is 0 Å². The molecule has 0 radical (unpaired) electrons. The second-order valence-electron chi connectivity index (χ2n) is 12.5. The monoisotopic (exact) mass is 640 g/mol. The van der Waals surface area contributed by atoms with E-state index in [2.05, 4.69) is 102 Å². The highest BCUT2D eigenvalue weighted by atomic mass is 16.3. The molecule has 0 atom stereocenters. The number of hydrogen-bond acceptors (Lipinski definition) is 4. The van der Waals surface area contributed by atoms with Gasteiger partial charge < -0.3 is 8.98 Å². The van der Waals surface area contributed by atoms with E-state index in [1.807, 2.05) is 72.8 Å². The molecule has 5 nitrogen and oxygen atoms in total. The molecule has 50 heavy (non-hydrogen) atoms. The minimum atomic E-state index is 0.607. The van der Waals surface area contributed by atoms with E-state index in [0.29, 0.717) is 17.5 Å². The smallest absolute Gasteiger partial charge is 0.164 e. The molecule has 7 aromatic carbocycles. The molecule has 5 heteroatoms. The molecule has 10 rings (SSSR count). The maximum absolute atomic E-state index is 6.55. The summed E-state index contributed by atoms with van der Waals surface area (Å²) in [5.41, 5.74) is 10.1. The third-order valence-corrected chi connectivity index (χ3v) is 9.46. The number of rotatable bonds is 5. The Bertz CT molecular complexity index is 2800. The molecule has 0 saturated carbocycles. The fourth-order valence-corrected chi connectivity index (χ4v) is 7.13. The van der Waals surface area contributed by atoms with E-state index in [1.54, 1.807) is 0 Å². The Balaban J connectivity index is 1.12. The van der Waals surface area contributed by atoms with E-state index in [0.717, 1.165) is 55.4 Å². The van der Waals surface area contributed by atoms with Crippen LogP contribution in [0, 0.1) is 0 Å². The number of aromatic nitrogens is 4. The first-order valence-corrected chi connectivity index (χ1v) is 16.7. The van der Waals surface area contributed by atoms with E-state index in [-0.39, 0.29) is 0 Å². The number of hydrogen-bond donors (Lipinski definition) is 0. The van der Waals surface area contributed by atoms with Crippen molar-refractivity contribution in [3.63, 3.8) is 0 Å². The third-order valence-electron chi connectivity index (χ3n) is 9.46. The minimum absolute atomic E-state index is 0.607. The molecular formula is C45H28N4O. The predicted octanol–water partition coefficient (Wildman–Crippen LogP) is 11.5. The Hall–Kier alpha value is -6.85. The maximum Gasteiger partial charge on any atom is 0.164 e. The van der Waals surface area contributed by atoms with Gasteiger partial charge in [0.1, 0.15) is 11.2 Å². The van der Waals surface area contributed by atoms with Crippen LogP contribution in [0.1, 0.15) is 0 Å². The van der Waals surface area contributed by atoms with Crippen molar-refractivity contribution in [3.05, 3.63) is 170 Å². The van der Waals surface area contributed by atoms with Crippen molar-refractivity contribution in [3.8, 4) is 51.0 Å². The molecule has 3 aromatic heterocycles. The highest BCUT2D eigenvalue weighted by molar-refractivity contribution is 6.13. The van der Waals surface area contributed by atoms with Crippen LogP contribution in [-0.4, -0.2) is 19.5 Å². The Kier molecular flexibility index (Phi) is 6.42. The molecule has 0 amide bonds. The highest BCUT2D eigenvalue weighted by Gasteiger charge is 2.19. The summed E-state index contributed by atoms with van der Waals surface area (Å²) in [5, 5.41) is 4.45. The van der Waals surface area contributed by atoms with Crippen molar-refractivity contribution < 1.29 is 4.42 Å². The zero-order valence-electron chi connectivity index (χ0n) is 26.9. The summed E-state index contributed by atoms with van der Waals surface area (Å²) in [7, 11) is 0. The van der Waals surface area contributed by atoms with Gasteiger partial charge in [0.25, 0.3) is 0 Å². The van der Waals surface area contributed by atoms with Crippen LogP contribution in [0.15, 0.2) is 174 Å². The molecule has 0 spiro atoms. The molecule has 3 heterocycles. The average molecular weight is 641 g/mol. The lowest BCUT2D eigenvalue weighted by Gasteiger charge is -2.09. The van der Waals surface area contributed by atoms with E-state index in [4.69, 9.17) is 19.4 Å². The first-order chi connectivity index (χ1) is 24.8. The lowest BCUT2D eigenvalue weighted by molar-refractivity contribution is 0.669. The zero-order valence-corrected chi connectivity index (χ0v) is 26.9. The zero-order chi connectivity index (χ0) is 33.0. The molecule has 0 N–H and O–H groups in total. The van der Waals surface area contributed by atoms with Crippen LogP contribution in [0.3, 0.4) is 0 Å². The van der Waals surface area contributed by atoms with Crippen molar-refractivity contribution in [2.24, 2.45) is 0 Å². The molecule has 10 aromatic rings. The number of benzene rings is 7. The largest absolute Gasteiger partial charge is 0.456 e. The minimum Gasteiger partial charge on any atom is -0.456 e. The summed E-state index contributed by atoms with van der Waals surface area (Å²) in [6.45, 7) is 0. The van der Waals surface area contributed by atoms with Gasteiger partial charge in [-0.25, -0.2) is 15.0 Å². The Labute approximate surface area is 287 Å². The third kappa shape index (κ3) is 4.60. The first kappa shape index (κ1) is 28.2. The molecule has 0 aliphatic carbocycles. The number of nitrogens with zero attached hydrogens (tertiary/aromatic N) is 4. The second kappa shape index (κ2) is 11.4. The van der Waals surface area contributed by atoms with Gasteiger partial charge in [-0.1, -0.05) is 121 Å². The predicted molar refractivity (Wildman–Crippen MR) is 203 cm³/mol. The number of fused-ring (bicyclic) bond motifs is 6. The molecule has 0 bridgehead atoms. The van der Waals surface area contributed by atoms with Crippen molar-refractivity contribution in [1.82, 2.24) is 19.5 Å². The average Bonchev–Trinajstić information content (AvgIpc) is 3.74. The maximum atomic E-state index is 6.55. The lowest BCUT2D eigenvalue weighted by atomic mass is 10.00. The van der Waals surface area contributed by atoms with Crippen LogP contribution in [0.25, 0.3) is 94.7 Å². The van der Waals surface area contributed by atoms with E-state index >= 15 is 0 Å². The van der Waals surface area contributed by atoms with Gasteiger partial charge in [0.05, 0.1) is 11.0 Å². The van der Waals surface area contributed by atoms with Gasteiger partial charge in [0.2, 0.25) is 0 Å². The van der Waals surface area contributed by atoms with E-state index in [9.17, 15) is 0 Å². The highest BCUT2D eigenvalue weighted by Crippen LogP contribution is 2.40. The van der Waals surface area contributed by atoms with Crippen molar-refractivity contribution in [1.29, 1.82) is 0 Å². The SMILES string of the molecule is c1ccc(-c2nc(-c3ccccc3)nc(-c3cccc4oc5cc(-c6ccc7c(c6)c6ccccc6n7-c6ccccc6)ccc5c34)n2)cc1. The fourth-order valence-electron chi connectivity index (χ4n) is 7.13. The van der Waals surface area contributed by atoms with Crippen LogP contribution in [-0.2, 0) is 0 Å². The summed E-state index contributed by atoms with van der Waals surface area (Å²) >= 11 is 0. The Morgan fingerprint density at radius 3 is 1.72 bits per heavy atom. The number of para-hydroxylation sites is 2. The van der Waals surface area contributed by atoms with Crippen LogP contribution >= 0.6 is 0 Å². The van der Waals surface area contributed by atoms with E-state index in [1.165, 1.54) is 21.8 Å². The summed E-state index contributed by atoms with van der Waals surface area (Å²) < 4.78 is 8.89. The molecule has 234 valence electrons. The molecule has 0 aliphatic heterocycles. The summed E-state index contributed by atoms with van der Waals surface area (Å²) in [4.78, 5) is 14.9. The van der Waals surface area contributed by atoms with Crippen LogP contribution in [0.5, 0.6) is 0 Å². The standard InChI is InChI=1S/C45H28N4O/c1-4-13-29(14-5-1)43-46-44(30-15-6-2-7-16-30)48-45(47-43)36-20-12-22-40-42(36)35-25-23-32(28-41(35)50-40)31-24-26-39-37(27-31)34-19-10-11-21-38(34)49(39)33-17-8-3-9-18-33/h1-28H. The second-order valence-corrected chi connectivity index (χ2v) is 12.5. The Morgan fingerprint density at radius 1 is 0.380 bits per heavy atom. The quantitative estimate of drug-likeness (QED) is 0.188. The molecular weight excluding hydrogens is 613 g/mol. The van der Waals surface area contributed by atoms with Gasteiger partial charge >= 0.3 is 0 Å². The van der Waals surface area contributed by atoms with Gasteiger partial charge in [0.15, 0.2) is 17.5 Å². The first-order valence-electron chi connectivity index (χ1n) is 16.7. The fraction of sp³-hybridized carbons (Fsp3) is 0. The number of furan rings is 1. The van der Waals surface area contributed by atoms with Crippen LogP contribution in [0.2, 0.25) is 0 Å². The summed E-state index contributed by atoms with van der Waals surface area (Å²) in [6.07, 6.45) is 0. The van der Waals surface area contributed by atoms with E-state index < -0.39 is 0 Å². The van der Waals surface area contributed by atoms with Gasteiger partial charge in [-0.3, -0.25) is 0 Å². The van der Waals surface area contributed by atoms with Crippen molar-refractivity contribution in [2.75, 3.05) is 0 Å². The Morgan fingerprint density at radius 2 is 0.980 bits per heavy atom. The molecule has 0 unspecified atom stereocenters. The van der Waals surface area contributed by atoms with Crippen molar-refractivity contribution >= 4 is 43.7 Å². The molecule has 0 fully saturated rings. The summed E-state index contributed by atoms with van der Waals surface area (Å²) in [5.74, 6) is 1.87. The van der Waals surface area contributed by atoms with Gasteiger partial charge in [-0.15, -0.1) is 0 Å². The molecule has 0 aliphatic rings. The van der Waals surface area contributed by atoms with Gasteiger partial charge in [-0.2, -0.15) is 0 Å². The topological polar surface area (TPSA) is 56.7 Å². The van der Waals surface area contributed by atoms with Gasteiger partial charge in [-0.05, 0) is 59.7 Å². The van der Waals surface area contributed by atoms with Gasteiger partial charge in [0, 0.05) is 43.9 Å². The molecule has 0 saturated heterocycles. The van der Waals surface area contributed by atoms with Crippen molar-refractivity contribution in [2.45, 2.75) is 0 Å². The normalized spacial score (nSPS) is 11.6. The van der Waals surface area contributed by atoms with Crippen LogP contribution in [0.4, 0.5) is 0 Å². The summed E-state index contributed by atoms with van der Waals surface area (Å²) in [6, 6.07) is 58.6.